The first-order valence-corrected chi connectivity index (χ1v) is 5.39. The van der Waals surface area contributed by atoms with E-state index in [2.05, 4.69) is 15.4 Å². The van der Waals surface area contributed by atoms with Crippen LogP contribution >= 0.6 is 0 Å². The number of rotatable bonds is 2. The van der Waals surface area contributed by atoms with Gasteiger partial charge >= 0.3 is 5.82 Å². The molecule has 0 saturated heterocycles. The lowest BCUT2D eigenvalue weighted by Crippen LogP contribution is -2.35. The Kier molecular flexibility index (Phi) is 2.38. The van der Waals surface area contributed by atoms with Crippen molar-refractivity contribution in [3.8, 4) is 17.1 Å². The van der Waals surface area contributed by atoms with Crippen molar-refractivity contribution in [3.63, 3.8) is 0 Å². The summed E-state index contributed by atoms with van der Waals surface area (Å²) in [5, 5.41) is 11.3. The highest BCUT2D eigenvalue weighted by molar-refractivity contribution is 5.52. The molecule has 1 heterocycles. The van der Waals surface area contributed by atoms with Crippen LogP contribution in [0.5, 0.6) is 0 Å². The van der Waals surface area contributed by atoms with Crippen molar-refractivity contribution in [2.24, 2.45) is 0 Å². The molecule has 0 radical (unpaired) electrons. The van der Waals surface area contributed by atoms with Crippen LogP contribution in [0, 0.1) is 0 Å². The number of benzene rings is 2. The number of para-hydroxylation sites is 1. The van der Waals surface area contributed by atoms with Gasteiger partial charge in [0.25, 0.3) is 0 Å². The fraction of sp³-hybridized carbons (Fsp3) is 0. The fourth-order valence-corrected chi connectivity index (χ4v) is 1.64. The second-order valence-electron chi connectivity index (χ2n) is 3.66. The highest BCUT2D eigenvalue weighted by Crippen LogP contribution is 2.10. The molecule has 0 fully saturated rings. The predicted molar refractivity (Wildman–Crippen MR) is 63.4 cm³/mol. The molecule has 0 aliphatic heterocycles. The van der Waals surface area contributed by atoms with Crippen molar-refractivity contribution in [2.45, 2.75) is 0 Å². The minimum atomic E-state index is 0.759. The third kappa shape index (κ3) is 1.92. The number of tetrazole rings is 1. The monoisotopic (exact) mass is 223 g/mol. The van der Waals surface area contributed by atoms with E-state index in [1.807, 2.05) is 60.7 Å². The Morgan fingerprint density at radius 1 is 0.824 bits per heavy atom. The molecule has 3 aromatic rings. The number of aromatic amines is 1. The summed E-state index contributed by atoms with van der Waals surface area (Å²) < 4.78 is 0. The molecule has 0 aliphatic carbocycles. The van der Waals surface area contributed by atoms with Gasteiger partial charge in [-0.2, -0.15) is 5.10 Å². The number of aromatic nitrogens is 4. The molecular formula is C13H11N4+. The molecule has 3 rings (SSSR count). The number of H-pyrrole nitrogens is 1. The molecule has 1 aromatic heterocycles. The summed E-state index contributed by atoms with van der Waals surface area (Å²) in [6.45, 7) is 0. The van der Waals surface area contributed by atoms with Gasteiger partial charge in [-0.25, -0.2) is 0 Å². The molecule has 17 heavy (non-hydrogen) atoms. The molecule has 0 aliphatic rings. The first-order chi connectivity index (χ1) is 8.43. The van der Waals surface area contributed by atoms with Crippen molar-refractivity contribution < 1.29 is 4.80 Å². The average molecular weight is 223 g/mol. The van der Waals surface area contributed by atoms with Gasteiger partial charge in [0, 0.05) is 5.56 Å². The topological polar surface area (TPSA) is 45.5 Å². The molecule has 0 saturated carbocycles. The molecule has 0 amide bonds. The number of hydrogen-bond acceptors (Lipinski definition) is 2. The zero-order chi connectivity index (χ0) is 11.5. The van der Waals surface area contributed by atoms with Gasteiger partial charge in [-0.3, -0.25) is 0 Å². The third-order valence-electron chi connectivity index (χ3n) is 2.49. The third-order valence-corrected chi connectivity index (χ3v) is 2.49. The van der Waals surface area contributed by atoms with Crippen LogP contribution in [0.4, 0.5) is 0 Å². The van der Waals surface area contributed by atoms with Gasteiger partial charge in [0.15, 0.2) is 10.9 Å². The maximum atomic E-state index is 4.12. The van der Waals surface area contributed by atoms with Gasteiger partial charge in [0.1, 0.15) is 0 Å². The molecule has 0 spiro atoms. The lowest BCUT2D eigenvalue weighted by atomic mass is 10.2. The van der Waals surface area contributed by atoms with E-state index < -0.39 is 0 Å². The van der Waals surface area contributed by atoms with E-state index in [0.717, 1.165) is 17.1 Å². The van der Waals surface area contributed by atoms with Crippen LogP contribution in [-0.4, -0.2) is 15.4 Å². The Balaban J connectivity index is 1.99. The highest BCUT2D eigenvalue weighted by Gasteiger charge is 2.13. The molecule has 4 nitrogen and oxygen atoms in total. The van der Waals surface area contributed by atoms with Crippen LogP contribution in [0.25, 0.3) is 17.1 Å². The Morgan fingerprint density at radius 3 is 2.18 bits per heavy atom. The van der Waals surface area contributed by atoms with E-state index in [9.17, 15) is 0 Å². The van der Waals surface area contributed by atoms with Crippen LogP contribution in [0.3, 0.4) is 0 Å². The first-order valence-electron chi connectivity index (χ1n) is 5.39. The zero-order valence-electron chi connectivity index (χ0n) is 9.12. The summed E-state index contributed by atoms with van der Waals surface area (Å²) >= 11 is 0. The summed E-state index contributed by atoms with van der Waals surface area (Å²) in [6.07, 6.45) is 0. The molecule has 0 unspecified atom stereocenters. The Morgan fingerprint density at radius 2 is 1.47 bits per heavy atom. The Labute approximate surface area is 98.5 Å². The van der Waals surface area contributed by atoms with Crippen molar-refractivity contribution in [1.29, 1.82) is 0 Å². The van der Waals surface area contributed by atoms with Crippen LogP contribution in [0.15, 0.2) is 60.7 Å². The zero-order valence-corrected chi connectivity index (χ0v) is 9.12. The molecule has 0 bridgehead atoms. The molecule has 0 atom stereocenters. The number of hydrogen-bond donors (Lipinski definition) is 1. The van der Waals surface area contributed by atoms with Crippen LogP contribution in [0.1, 0.15) is 0 Å². The summed E-state index contributed by atoms with van der Waals surface area (Å²) in [7, 11) is 0. The predicted octanol–water partition coefficient (Wildman–Crippen LogP) is 1.75. The van der Waals surface area contributed by atoms with E-state index in [1.165, 1.54) is 0 Å². The van der Waals surface area contributed by atoms with Crippen LogP contribution < -0.4 is 4.80 Å². The SMILES string of the molecule is c1ccc(-c2nn[n+](-c3ccccc3)[nH]2)cc1. The quantitative estimate of drug-likeness (QED) is 0.673. The lowest BCUT2D eigenvalue weighted by molar-refractivity contribution is -0.716. The van der Waals surface area contributed by atoms with Gasteiger partial charge in [-0.05, 0) is 29.1 Å². The van der Waals surface area contributed by atoms with Gasteiger partial charge in [-0.15, -0.1) is 0 Å². The van der Waals surface area contributed by atoms with E-state index >= 15 is 0 Å². The van der Waals surface area contributed by atoms with E-state index in [4.69, 9.17) is 0 Å². The van der Waals surface area contributed by atoms with E-state index in [-0.39, 0.29) is 0 Å². The smallest absolute Gasteiger partial charge is 0.159 e. The normalized spacial score (nSPS) is 10.4. The van der Waals surface area contributed by atoms with Crippen LogP contribution in [-0.2, 0) is 0 Å². The largest absolute Gasteiger partial charge is 0.313 e. The van der Waals surface area contributed by atoms with Crippen molar-refractivity contribution >= 4 is 0 Å². The maximum absolute atomic E-state index is 4.12. The number of nitrogens with one attached hydrogen (secondary N) is 1. The molecule has 2 aromatic carbocycles. The Hall–Kier alpha value is -2.49. The first kappa shape index (κ1) is 9.72. The van der Waals surface area contributed by atoms with Gasteiger partial charge < -0.3 is 0 Å². The molecular weight excluding hydrogens is 212 g/mol. The van der Waals surface area contributed by atoms with E-state index in [0.29, 0.717) is 0 Å². The number of nitrogens with zero attached hydrogens (tertiary/aromatic N) is 3. The summed E-state index contributed by atoms with van der Waals surface area (Å²) in [5.74, 6) is 0.759. The maximum Gasteiger partial charge on any atom is 0.313 e. The summed E-state index contributed by atoms with van der Waals surface area (Å²) in [4.78, 5) is 1.66. The summed E-state index contributed by atoms with van der Waals surface area (Å²) in [5.41, 5.74) is 1.98. The molecule has 82 valence electrons. The van der Waals surface area contributed by atoms with Crippen LogP contribution in [0.2, 0.25) is 0 Å². The molecule has 1 N–H and O–H groups in total. The minimum absolute atomic E-state index is 0.759. The van der Waals surface area contributed by atoms with Gasteiger partial charge in [0.05, 0.1) is 5.10 Å². The summed E-state index contributed by atoms with van der Waals surface area (Å²) in [6, 6.07) is 19.8. The standard InChI is InChI=1S/C13H10N4/c1-3-7-11(8-4-1)13-14-16-17(15-13)12-9-5-2-6-10-12/h1-10H/p+1. The Bertz CT molecular complexity index is 548. The highest BCUT2D eigenvalue weighted by atomic mass is 15.6. The molecule has 4 heteroatoms. The fourth-order valence-electron chi connectivity index (χ4n) is 1.64. The minimum Gasteiger partial charge on any atom is -0.159 e. The lowest BCUT2D eigenvalue weighted by Gasteiger charge is -1.90. The van der Waals surface area contributed by atoms with E-state index in [1.54, 1.807) is 4.80 Å². The second kappa shape index (κ2) is 4.17. The van der Waals surface area contributed by atoms with Crippen molar-refractivity contribution in [1.82, 2.24) is 15.4 Å². The van der Waals surface area contributed by atoms with Crippen molar-refractivity contribution in [3.05, 3.63) is 60.7 Å². The average Bonchev–Trinajstić information content (AvgIpc) is 2.90. The second-order valence-corrected chi connectivity index (χ2v) is 3.66. The van der Waals surface area contributed by atoms with Gasteiger partial charge in [-0.1, -0.05) is 36.4 Å². The van der Waals surface area contributed by atoms with Gasteiger partial charge in [0.2, 0.25) is 0 Å². The van der Waals surface area contributed by atoms with Crippen molar-refractivity contribution in [2.75, 3.05) is 0 Å².